The van der Waals surface area contributed by atoms with E-state index in [0.29, 0.717) is 17.7 Å². The molecule has 4 heteroatoms. The molecule has 1 aliphatic carbocycles. The lowest BCUT2D eigenvalue weighted by molar-refractivity contribution is 0.343. The normalized spacial score (nSPS) is 28.7. The lowest BCUT2D eigenvalue weighted by atomic mass is 9.92. The van der Waals surface area contributed by atoms with Crippen molar-refractivity contribution < 1.29 is 8.42 Å². The van der Waals surface area contributed by atoms with Gasteiger partial charge in [-0.3, -0.25) is 0 Å². The zero-order chi connectivity index (χ0) is 11.3. The Hall–Kier alpha value is -0.0900. The molecule has 0 aromatic rings. The number of rotatable bonds is 4. The molecule has 0 amide bonds. The van der Waals surface area contributed by atoms with Crippen LogP contribution in [0.2, 0.25) is 0 Å². The van der Waals surface area contributed by atoms with Gasteiger partial charge in [-0.1, -0.05) is 19.3 Å². The lowest BCUT2D eigenvalue weighted by Gasteiger charge is -2.24. The molecule has 1 N–H and O–H groups in total. The monoisotopic (exact) mass is 233 g/mol. The van der Waals surface area contributed by atoms with Crippen LogP contribution in [0.4, 0.5) is 0 Å². The highest BCUT2D eigenvalue weighted by Gasteiger charge is 2.23. The minimum absolute atomic E-state index is 0.343. The second-order valence-electron chi connectivity index (χ2n) is 4.71. The summed E-state index contributed by atoms with van der Waals surface area (Å²) in [7, 11) is -0.805. The first kappa shape index (κ1) is 13.0. The van der Waals surface area contributed by atoms with E-state index in [-0.39, 0.29) is 0 Å². The fourth-order valence-electron chi connectivity index (χ4n) is 2.48. The number of sulfone groups is 1. The van der Waals surface area contributed by atoms with Gasteiger partial charge in [-0.15, -0.1) is 0 Å². The number of nitrogens with one attached hydrogen (secondary N) is 1. The van der Waals surface area contributed by atoms with Crippen LogP contribution in [0.25, 0.3) is 0 Å². The molecule has 1 saturated carbocycles. The molecule has 0 spiro atoms. The van der Waals surface area contributed by atoms with Crippen molar-refractivity contribution in [3.63, 3.8) is 0 Å². The molecule has 0 aromatic carbocycles. The summed E-state index contributed by atoms with van der Waals surface area (Å²) in [5, 5.41) is 3.34. The van der Waals surface area contributed by atoms with Gasteiger partial charge in [0.25, 0.3) is 0 Å². The molecule has 2 atom stereocenters. The van der Waals surface area contributed by atoms with Crippen LogP contribution in [-0.2, 0) is 9.84 Å². The van der Waals surface area contributed by atoms with Crippen molar-refractivity contribution in [2.75, 3.05) is 19.1 Å². The predicted octanol–water partition coefficient (Wildman–Crippen LogP) is 1.59. The van der Waals surface area contributed by atoms with Gasteiger partial charge in [0.15, 0.2) is 0 Å². The summed E-state index contributed by atoms with van der Waals surface area (Å²) in [6.45, 7) is 0. The molecule has 1 fully saturated rings. The van der Waals surface area contributed by atoms with E-state index in [9.17, 15) is 8.42 Å². The largest absolute Gasteiger partial charge is 0.317 e. The van der Waals surface area contributed by atoms with Gasteiger partial charge in [-0.25, -0.2) is 8.42 Å². The van der Waals surface area contributed by atoms with E-state index in [1.807, 2.05) is 7.05 Å². The maximum absolute atomic E-state index is 11.1. The van der Waals surface area contributed by atoms with E-state index in [0.717, 1.165) is 6.42 Å². The molecule has 0 saturated heterocycles. The Morgan fingerprint density at radius 2 is 1.87 bits per heavy atom. The molecule has 2 unspecified atom stereocenters. The lowest BCUT2D eigenvalue weighted by Crippen LogP contribution is -2.33. The smallest absolute Gasteiger partial charge is 0.147 e. The third-order valence-electron chi connectivity index (χ3n) is 3.39. The second kappa shape index (κ2) is 5.85. The summed E-state index contributed by atoms with van der Waals surface area (Å²) < 4.78 is 22.3. The van der Waals surface area contributed by atoms with E-state index in [1.54, 1.807) is 0 Å². The van der Waals surface area contributed by atoms with Crippen molar-refractivity contribution in [2.45, 2.75) is 44.6 Å². The van der Waals surface area contributed by atoms with Crippen LogP contribution in [0.15, 0.2) is 0 Å². The van der Waals surface area contributed by atoms with E-state index in [1.165, 1.54) is 38.4 Å². The van der Waals surface area contributed by atoms with Crippen LogP contribution in [-0.4, -0.2) is 33.5 Å². The Kier molecular flexibility index (Phi) is 5.06. The summed E-state index contributed by atoms with van der Waals surface area (Å²) in [6, 6.07) is 0.522. The molecule has 0 aliphatic heterocycles. The molecule has 1 rings (SSSR count). The highest BCUT2D eigenvalue weighted by molar-refractivity contribution is 7.90. The van der Waals surface area contributed by atoms with Crippen molar-refractivity contribution in [2.24, 2.45) is 5.92 Å². The van der Waals surface area contributed by atoms with Crippen LogP contribution in [0.3, 0.4) is 0 Å². The Bertz CT molecular complexity index is 274. The average molecular weight is 233 g/mol. The highest BCUT2D eigenvalue weighted by atomic mass is 32.2. The third kappa shape index (κ3) is 4.98. The maximum atomic E-state index is 11.1. The predicted molar refractivity (Wildman–Crippen MR) is 63.8 cm³/mol. The zero-order valence-electron chi connectivity index (χ0n) is 9.83. The molecule has 0 aromatic heterocycles. The molecule has 0 heterocycles. The van der Waals surface area contributed by atoms with Gasteiger partial charge < -0.3 is 5.32 Å². The molecule has 90 valence electrons. The Morgan fingerprint density at radius 3 is 2.47 bits per heavy atom. The number of hydrogen-bond donors (Lipinski definition) is 1. The fraction of sp³-hybridized carbons (Fsp3) is 1.00. The summed E-state index contributed by atoms with van der Waals surface area (Å²) in [6.07, 6.45) is 8.37. The van der Waals surface area contributed by atoms with Gasteiger partial charge in [-0.05, 0) is 32.2 Å². The van der Waals surface area contributed by atoms with Crippen LogP contribution < -0.4 is 5.32 Å². The zero-order valence-corrected chi connectivity index (χ0v) is 10.6. The topological polar surface area (TPSA) is 46.2 Å². The van der Waals surface area contributed by atoms with Gasteiger partial charge >= 0.3 is 0 Å². The second-order valence-corrected chi connectivity index (χ2v) is 6.97. The van der Waals surface area contributed by atoms with Gasteiger partial charge in [0.2, 0.25) is 0 Å². The first-order chi connectivity index (χ1) is 7.03. The molecular formula is C11H23NO2S. The minimum atomic E-state index is -2.79. The van der Waals surface area contributed by atoms with Crippen molar-refractivity contribution >= 4 is 9.84 Å². The summed E-state index contributed by atoms with van der Waals surface area (Å²) in [4.78, 5) is 0. The van der Waals surface area contributed by atoms with Crippen molar-refractivity contribution in [3.05, 3.63) is 0 Å². The first-order valence-corrected chi connectivity index (χ1v) is 7.94. The molecular weight excluding hydrogens is 210 g/mol. The molecule has 0 bridgehead atoms. The van der Waals surface area contributed by atoms with Gasteiger partial charge in [0, 0.05) is 12.3 Å². The Balaban J connectivity index is 2.48. The average Bonchev–Trinajstić information content (AvgIpc) is 2.37. The summed E-state index contributed by atoms with van der Waals surface area (Å²) in [5.41, 5.74) is 0. The van der Waals surface area contributed by atoms with Crippen LogP contribution >= 0.6 is 0 Å². The first-order valence-electron chi connectivity index (χ1n) is 5.88. The summed E-state index contributed by atoms with van der Waals surface area (Å²) >= 11 is 0. The Morgan fingerprint density at radius 1 is 1.20 bits per heavy atom. The SMILES string of the molecule is CNC1CCCCCC1CCS(C)(=O)=O. The van der Waals surface area contributed by atoms with E-state index < -0.39 is 9.84 Å². The van der Waals surface area contributed by atoms with Crippen molar-refractivity contribution in [1.29, 1.82) is 0 Å². The van der Waals surface area contributed by atoms with Crippen LogP contribution in [0.5, 0.6) is 0 Å². The molecule has 1 aliphatic rings. The summed E-state index contributed by atoms with van der Waals surface area (Å²) in [5.74, 6) is 0.891. The fourth-order valence-corrected chi connectivity index (χ4v) is 3.21. The quantitative estimate of drug-likeness (QED) is 0.750. The van der Waals surface area contributed by atoms with Gasteiger partial charge in [-0.2, -0.15) is 0 Å². The van der Waals surface area contributed by atoms with Crippen LogP contribution in [0.1, 0.15) is 38.5 Å². The van der Waals surface area contributed by atoms with Crippen molar-refractivity contribution in [1.82, 2.24) is 5.32 Å². The Labute approximate surface area is 93.6 Å². The highest BCUT2D eigenvalue weighted by Crippen LogP contribution is 2.26. The minimum Gasteiger partial charge on any atom is -0.317 e. The maximum Gasteiger partial charge on any atom is 0.147 e. The molecule has 0 radical (unpaired) electrons. The van der Waals surface area contributed by atoms with Crippen LogP contribution in [0, 0.1) is 5.92 Å². The van der Waals surface area contributed by atoms with E-state index >= 15 is 0 Å². The van der Waals surface area contributed by atoms with Gasteiger partial charge in [0.1, 0.15) is 9.84 Å². The standard InChI is InChI=1S/C11H23NO2S/c1-12-11-7-5-3-4-6-10(11)8-9-15(2,13)14/h10-12H,3-9H2,1-2H3. The third-order valence-corrected chi connectivity index (χ3v) is 4.37. The van der Waals surface area contributed by atoms with E-state index in [4.69, 9.17) is 0 Å². The van der Waals surface area contributed by atoms with Gasteiger partial charge in [0.05, 0.1) is 5.75 Å². The van der Waals surface area contributed by atoms with E-state index in [2.05, 4.69) is 5.32 Å². The van der Waals surface area contributed by atoms with Crippen molar-refractivity contribution in [3.8, 4) is 0 Å². The molecule has 15 heavy (non-hydrogen) atoms. The number of hydrogen-bond acceptors (Lipinski definition) is 3. The molecule has 3 nitrogen and oxygen atoms in total.